The Labute approximate surface area is 91.8 Å². The molecule has 0 spiro atoms. The van der Waals surface area contributed by atoms with Gasteiger partial charge in [-0.1, -0.05) is 13.3 Å². The number of carbonyl (C=O) groups is 2. The third kappa shape index (κ3) is 5.57. The number of likely N-dealkylation sites (N-methyl/N-ethyl adjacent to an activating group) is 1. The smallest absolute Gasteiger partial charge is 0.344 e. The van der Waals surface area contributed by atoms with Crippen LogP contribution in [0.1, 0.15) is 19.8 Å². The summed E-state index contributed by atoms with van der Waals surface area (Å²) in [4.78, 5) is 22.9. The summed E-state index contributed by atoms with van der Waals surface area (Å²) in [7, 11) is 1.48. The molecule has 0 fully saturated rings. The highest BCUT2D eigenvalue weighted by molar-refractivity contribution is 5.87. The molecule has 0 aliphatic carbocycles. The monoisotopic (exact) mass is 240 g/mol. The van der Waals surface area contributed by atoms with Crippen LogP contribution in [-0.4, -0.2) is 43.0 Å². The van der Waals surface area contributed by atoms with Gasteiger partial charge < -0.3 is 10.2 Å². The quantitative estimate of drug-likeness (QED) is 0.777. The fourth-order valence-electron chi connectivity index (χ4n) is 0.911. The van der Waals surface area contributed by atoms with Gasteiger partial charge in [-0.05, 0) is 6.42 Å². The standard InChI is InChI=1S/C9H15F3N2O2/c1-3-4-5-14(2)7(15)6-13-8(16)9(10,11)12/h3-6H2,1-2H3,(H,13,16). The summed E-state index contributed by atoms with van der Waals surface area (Å²) in [6.07, 6.45) is -3.29. The van der Waals surface area contributed by atoms with Crippen molar-refractivity contribution in [2.24, 2.45) is 0 Å². The molecule has 0 aromatic rings. The van der Waals surface area contributed by atoms with Crippen molar-refractivity contribution in [1.82, 2.24) is 10.2 Å². The normalized spacial score (nSPS) is 11.1. The Morgan fingerprint density at radius 1 is 1.31 bits per heavy atom. The number of hydrogen-bond donors (Lipinski definition) is 1. The van der Waals surface area contributed by atoms with Gasteiger partial charge in [0.05, 0.1) is 6.54 Å². The van der Waals surface area contributed by atoms with E-state index in [0.29, 0.717) is 6.54 Å². The average molecular weight is 240 g/mol. The van der Waals surface area contributed by atoms with Crippen molar-refractivity contribution in [2.45, 2.75) is 25.9 Å². The fraction of sp³-hybridized carbons (Fsp3) is 0.778. The Bertz CT molecular complexity index is 254. The first kappa shape index (κ1) is 14.7. The van der Waals surface area contributed by atoms with Crippen LogP contribution in [0.3, 0.4) is 0 Å². The summed E-state index contributed by atoms with van der Waals surface area (Å²) in [5, 5.41) is 1.52. The highest BCUT2D eigenvalue weighted by Crippen LogP contribution is 2.13. The highest BCUT2D eigenvalue weighted by Gasteiger charge is 2.38. The number of hydrogen-bond acceptors (Lipinski definition) is 2. The van der Waals surface area contributed by atoms with Crippen molar-refractivity contribution in [3.05, 3.63) is 0 Å². The molecule has 4 nitrogen and oxygen atoms in total. The van der Waals surface area contributed by atoms with Crippen LogP contribution in [0.4, 0.5) is 13.2 Å². The number of halogens is 3. The number of amides is 2. The van der Waals surface area contributed by atoms with E-state index in [9.17, 15) is 22.8 Å². The minimum atomic E-state index is -4.94. The summed E-state index contributed by atoms with van der Waals surface area (Å²) in [6, 6.07) is 0. The molecule has 0 unspecified atom stereocenters. The Kier molecular flexibility index (Phi) is 5.84. The predicted molar refractivity (Wildman–Crippen MR) is 51.6 cm³/mol. The van der Waals surface area contributed by atoms with Gasteiger partial charge in [-0.2, -0.15) is 13.2 Å². The molecule has 0 atom stereocenters. The number of rotatable bonds is 5. The molecular weight excluding hydrogens is 225 g/mol. The molecule has 16 heavy (non-hydrogen) atoms. The van der Waals surface area contributed by atoms with Gasteiger partial charge >= 0.3 is 12.1 Å². The molecule has 1 N–H and O–H groups in total. The zero-order valence-electron chi connectivity index (χ0n) is 9.23. The van der Waals surface area contributed by atoms with Gasteiger partial charge in [-0.3, -0.25) is 9.59 Å². The second-order valence-corrected chi connectivity index (χ2v) is 3.35. The Hall–Kier alpha value is -1.27. The van der Waals surface area contributed by atoms with E-state index in [2.05, 4.69) is 0 Å². The first-order valence-electron chi connectivity index (χ1n) is 4.88. The van der Waals surface area contributed by atoms with Crippen LogP contribution in [0.15, 0.2) is 0 Å². The maximum absolute atomic E-state index is 11.8. The summed E-state index contributed by atoms with van der Waals surface area (Å²) < 4.78 is 35.3. The maximum atomic E-state index is 11.8. The third-order valence-electron chi connectivity index (χ3n) is 1.93. The second-order valence-electron chi connectivity index (χ2n) is 3.35. The second kappa shape index (κ2) is 6.34. The van der Waals surface area contributed by atoms with Crippen LogP contribution >= 0.6 is 0 Å². The van der Waals surface area contributed by atoms with Crippen molar-refractivity contribution < 1.29 is 22.8 Å². The van der Waals surface area contributed by atoms with E-state index in [0.717, 1.165) is 12.8 Å². The molecule has 0 bridgehead atoms. The third-order valence-corrected chi connectivity index (χ3v) is 1.93. The number of nitrogens with one attached hydrogen (secondary N) is 1. The SMILES string of the molecule is CCCCN(C)C(=O)CNC(=O)C(F)(F)F. The van der Waals surface area contributed by atoms with Gasteiger partial charge in [0.25, 0.3) is 0 Å². The molecule has 0 aromatic carbocycles. The van der Waals surface area contributed by atoms with E-state index in [-0.39, 0.29) is 0 Å². The minimum Gasteiger partial charge on any atom is -0.344 e. The first-order chi connectivity index (χ1) is 7.29. The maximum Gasteiger partial charge on any atom is 0.471 e. The zero-order valence-corrected chi connectivity index (χ0v) is 9.23. The van der Waals surface area contributed by atoms with Gasteiger partial charge in [0, 0.05) is 13.6 Å². The fourth-order valence-corrected chi connectivity index (χ4v) is 0.911. The molecule has 94 valence electrons. The molecule has 0 aliphatic rings. The average Bonchev–Trinajstić information content (AvgIpc) is 2.20. The van der Waals surface area contributed by atoms with Crippen LogP contribution in [0.25, 0.3) is 0 Å². The minimum absolute atomic E-state index is 0.469. The zero-order chi connectivity index (χ0) is 12.8. The molecular formula is C9H15F3N2O2. The number of nitrogens with zero attached hydrogens (tertiary/aromatic N) is 1. The van der Waals surface area contributed by atoms with Gasteiger partial charge in [0.15, 0.2) is 0 Å². The molecule has 0 radical (unpaired) electrons. The van der Waals surface area contributed by atoms with Gasteiger partial charge in [-0.25, -0.2) is 0 Å². The summed E-state index contributed by atoms with van der Waals surface area (Å²) >= 11 is 0. The lowest BCUT2D eigenvalue weighted by molar-refractivity contribution is -0.174. The first-order valence-corrected chi connectivity index (χ1v) is 4.88. The van der Waals surface area contributed by atoms with Crippen molar-refractivity contribution in [2.75, 3.05) is 20.1 Å². The largest absolute Gasteiger partial charge is 0.471 e. The lowest BCUT2D eigenvalue weighted by Gasteiger charge is -2.17. The number of alkyl halides is 3. The molecule has 0 aromatic heterocycles. The number of unbranched alkanes of at least 4 members (excludes halogenated alkanes) is 1. The lowest BCUT2D eigenvalue weighted by Crippen LogP contribution is -2.43. The summed E-state index contributed by atoms with van der Waals surface area (Å²) in [5.74, 6) is -2.63. The molecule has 2 amide bonds. The van der Waals surface area contributed by atoms with E-state index in [4.69, 9.17) is 0 Å². The Morgan fingerprint density at radius 3 is 2.31 bits per heavy atom. The van der Waals surface area contributed by atoms with Crippen molar-refractivity contribution >= 4 is 11.8 Å². The summed E-state index contributed by atoms with van der Waals surface area (Å²) in [5.41, 5.74) is 0. The van der Waals surface area contributed by atoms with Crippen LogP contribution in [0.2, 0.25) is 0 Å². The Morgan fingerprint density at radius 2 is 1.88 bits per heavy atom. The van der Waals surface area contributed by atoms with Crippen molar-refractivity contribution in [3.8, 4) is 0 Å². The topological polar surface area (TPSA) is 49.4 Å². The van der Waals surface area contributed by atoms with E-state index >= 15 is 0 Å². The van der Waals surface area contributed by atoms with Crippen LogP contribution < -0.4 is 5.32 Å². The predicted octanol–water partition coefficient (Wildman–Crippen LogP) is 0.923. The highest BCUT2D eigenvalue weighted by atomic mass is 19.4. The molecule has 0 rings (SSSR count). The Balaban J connectivity index is 3.94. The lowest BCUT2D eigenvalue weighted by atomic mass is 10.3. The molecule has 0 saturated heterocycles. The van der Waals surface area contributed by atoms with E-state index in [1.807, 2.05) is 6.92 Å². The van der Waals surface area contributed by atoms with Gasteiger partial charge in [0.2, 0.25) is 5.91 Å². The van der Waals surface area contributed by atoms with Gasteiger partial charge in [0.1, 0.15) is 0 Å². The van der Waals surface area contributed by atoms with E-state index in [1.54, 1.807) is 0 Å². The molecule has 0 saturated carbocycles. The van der Waals surface area contributed by atoms with Crippen molar-refractivity contribution in [3.63, 3.8) is 0 Å². The summed E-state index contributed by atoms with van der Waals surface area (Å²) in [6.45, 7) is 1.78. The molecule has 0 heterocycles. The van der Waals surface area contributed by atoms with Crippen molar-refractivity contribution in [1.29, 1.82) is 0 Å². The van der Waals surface area contributed by atoms with E-state index in [1.165, 1.54) is 17.3 Å². The van der Waals surface area contributed by atoms with Crippen LogP contribution in [0.5, 0.6) is 0 Å². The van der Waals surface area contributed by atoms with Crippen LogP contribution in [-0.2, 0) is 9.59 Å². The van der Waals surface area contributed by atoms with E-state index < -0.39 is 24.5 Å². The molecule has 7 heteroatoms. The van der Waals surface area contributed by atoms with Crippen LogP contribution in [0, 0.1) is 0 Å². The number of carbonyl (C=O) groups excluding carboxylic acids is 2. The van der Waals surface area contributed by atoms with Gasteiger partial charge in [-0.15, -0.1) is 0 Å². The molecule has 0 aliphatic heterocycles.